The molecule has 2 unspecified atom stereocenters. The van der Waals surface area contributed by atoms with Gasteiger partial charge in [-0.25, -0.2) is 0 Å². The first kappa shape index (κ1) is 16.8. The van der Waals surface area contributed by atoms with Crippen LogP contribution in [0.25, 0.3) is 0 Å². The number of allylic oxidation sites excluding steroid dienone is 2. The van der Waals surface area contributed by atoms with Crippen molar-refractivity contribution in [3.63, 3.8) is 0 Å². The standard InChI is InChI=1S/C25H32O/c1-25-13-2-3-24(25)23-11-9-20-15-19(8-10-21(20)22(23)12-14-25)18-6-4-17(16-26)5-7-18/h4-7,16,19-20,23-24H,2-3,8-15H2,1H3/t19?,20?,23-,24+,25+/m1/s1. The average Bonchev–Trinajstić information content (AvgIpc) is 3.09. The molecule has 0 radical (unpaired) electrons. The highest BCUT2D eigenvalue weighted by atomic mass is 16.1. The zero-order valence-electron chi connectivity index (χ0n) is 16.2. The number of hydrogen-bond acceptors (Lipinski definition) is 1. The van der Waals surface area contributed by atoms with E-state index in [4.69, 9.17) is 0 Å². The molecule has 0 heterocycles. The van der Waals surface area contributed by atoms with Crippen LogP contribution < -0.4 is 0 Å². The summed E-state index contributed by atoms with van der Waals surface area (Å²) in [5.41, 5.74) is 6.75. The van der Waals surface area contributed by atoms with Crippen LogP contribution in [0.1, 0.15) is 93.0 Å². The van der Waals surface area contributed by atoms with Crippen molar-refractivity contribution in [2.24, 2.45) is 23.2 Å². The molecule has 4 aliphatic rings. The summed E-state index contributed by atoms with van der Waals surface area (Å²) in [4.78, 5) is 10.9. The second kappa shape index (κ2) is 6.36. The Morgan fingerprint density at radius 1 is 0.923 bits per heavy atom. The fourth-order valence-corrected chi connectivity index (χ4v) is 7.26. The Morgan fingerprint density at radius 3 is 2.58 bits per heavy atom. The van der Waals surface area contributed by atoms with Gasteiger partial charge in [-0.3, -0.25) is 4.79 Å². The third-order valence-electron chi connectivity index (χ3n) is 8.66. The molecule has 1 aromatic carbocycles. The van der Waals surface area contributed by atoms with Crippen LogP contribution in [0.3, 0.4) is 0 Å². The Bertz CT molecular complexity index is 727. The van der Waals surface area contributed by atoms with E-state index in [0.29, 0.717) is 11.3 Å². The highest BCUT2D eigenvalue weighted by Crippen LogP contribution is 2.61. The maximum absolute atomic E-state index is 10.9. The molecule has 3 fully saturated rings. The van der Waals surface area contributed by atoms with E-state index in [1.54, 1.807) is 0 Å². The minimum atomic E-state index is 0.666. The summed E-state index contributed by atoms with van der Waals surface area (Å²) in [7, 11) is 0. The SMILES string of the molecule is C[C@@]12CCC[C@H]1[C@@H]1CCC3CC(c4ccc(C=O)cc4)CCC3=C1CC2. The van der Waals surface area contributed by atoms with Gasteiger partial charge in [0.2, 0.25) is 0 Å². The summed E-state index contributed by atoms with van der Waals surface area (Å²) < 4.78 is 0. The molecule has 0 aromatic heterocycles. The van der Waals surface area contributed by atoms with Gasteiger partial charge in [0, 0.05) is 5.56 Å². The Balaban J connectivity index is 1.37. The van der Waals surface area contributed by atoms with Crippen molar-refractivity contribution in [2.45, 2.75) is 77.0 Å². The van der Waals surface area contributed by atoms with E-state index in [1.807, 2.05) is 23.3 Å². The Hall–Kier alpha value is -1.37. The van der Waals surface area contributed by atoms with Crippen molar-refractivity contribution in [1.82, 2.24) is 0 Å². The molecule has 3 saturated carbocycles. The van der Waals surface area contributed by atoms with Crippen molar-refractivity contribution >= 4 is 6.29 Å². The summed E-state index contributed by atoms with van der Waals surface area (Å²) >= 11 is 0. The molecule has 5 atom stereocenters. The van der Waals surface area contributed by atoms with Gasteiger partial charge < -0.3 is 0 Å². The molecule has 0 spiro atoms. The number of benzene rings is 1. The van der Waals surface area contributed by atoms with Crippen LogP contribution in [0.15, 0.2) is 35.4 Å². The van der Waals surface area contributed by atoms with Gasteiger partial charge in [0.15, 0.2) is 0 Å². The van der Waals surface area contributed by atoms with Crippen LogP contribution in [0.2, 0.25) is 0 Å². The van der Waals surface area contributed by atoms with Gasteiger partial charge >= 0.3 is 0 Å². The third kappa shape index (κ3) is 2.62. The van der Waals surface area contributed by atoms with Crippen LogP contribution in [0.4, 0.5) is 0 Å². The molecular formula is C25H32O. The number of rotatable bonds is 2. The van der Waals surface area contributed by atoms with E-state index in [2.05, 4.69) is 19.1 Å². The fraction of sp³-hybridized carbons (Fsp3) is 0.640. The van der Waals surface area contributed by atoms with Crippen molar-refractivity contribution in [1.29, 1.82) is 0 Å². The zero-order valence-corrected chi connectivity index (χ0v) is 16.2. The van der Waals surface area contributed by atoms with Gasteiger partial charge in [-0.15, -0.1) is 0 Å². The average molecular weight is 349 g/mol. The van der Waals surface area contributed by atoms with E-state index >= 15 is 0 Å². The minimum Gasteiger partial charge on any atom is -0.298 e. The predicted octanol–water partition coefficient (Wildman–Crippen LogP) is 6.69. The lowest BCUT2D eigenvalue weighted by atomic mass is 9.56. The van der Waals surface area contributed by atoms with Crippen molar-refractivity contribution in [2.75, 3.05) is 0 Å². The van der Waals surface area contributed by atoms with Gasteiger partial charge in [-0.1, -0.05) is 48.8 Å². The lowest BCUT2D eigenvalue weighted by Gasteiger charge is -2.49. The smallest absolute Gasteiger partial charge is 0.150 e. The van der Waals surface area contributed by atoms with E-state index in [-0.39, 0.29) is 0 Å². The number of aldehydes is 1. The van der Waals surface area contributed by atoms with Crippen LogP contribution in [-0.4, -0.2) is 6.29 Å². The molecule has 1 aromatic rings. The lowest BCUT2D eigenvalue weighted by molar-refractivity contribution is 0.106. The quantitative estimate of drug-likeness (QED) is 0.430. The molecule has 26 heavy (non-hydrogen) atoms. The van der Waals surface area contributed by atoms with Crippen LogP contribution in [-0.2, 0) is 0 Å². The largest absolute Gasteiger partial charge is 0.298 e. The fourth-order valence-electron chi connectivity index (χ4n) is 7.26. The van der Waals surface area contributed by atoms with Gasteiger partial charge in [0.05, 0.1) is 0 Å². The predicted molar refractivity (Wildman–Crippen MR) is 106 cm³/mol. The number of hydrogen-bond donors (Lipinski definition) is 0. The first-order valence-electron chi connectivity index (χ1n) is 10.9. The molecule has 138 valence electrons. The Labute approximate surface area is 158 Å². The highest BCUT2D eigenvalue weighted by molar-refractivity contribution is 5.74. The van der Waals surface area contributed by atoms with Crippen molar-refractivity contribution < 1.29 is 4.79 Å². The van der Waals surface area contributed by atoms with Gasteiger partial charge in [0.25, 0.3) is 0 Å². The number of carbonyl (C=O) groups excluding carboxylic acids is 1. The second-order valence-corrected chi connectivity index (χ2v) is 9.84. The first-order chi connectivity index (χ1) is 12.7. The Morgan fingerprint density at radius 2 is 1.77 bits per heavy atom. The van der Waals surface area contributed by atoms with E-state index in [1.165, 1.54) is 69.8 Å². The number of carbonyl (C=O) groups is 1. The minimum absolute atomic E-state index is 0.666. The maximum Gasteiger partial charge on any atom is 0.150 e. The summed E-state index contributed by atoms with van der Waals surface area (Å²) in [6, 6.07) is 8.38. The molecule has 0 bridgehead atoms. The lowest BCUT2D eigenvalue weighted by Crippen LogP contribution is -2.38. The van der Waals surface area contributed by atoms with Crippen LogP contribution in [0.5, 0.6) is 0 Å². The molecular weight excluding hydrogens is 316 g/mol. The summed E-state index contributed by atoms with van der Waals surface area (Å²) in [6.07, 6.45) is 15.1. The summed E-state index contributed by atoms with van der Waals surface area (Å²) in [5.74, 6) is 3.47. The van der Waals surface area contributed by atoms with Crippen LogP contribution in [0, 0.1) is 23.2 Å². The molecule has 5 rings (SSSR count). The Kier molecular flexibility index (Phi) is 4.10. The van der Waals surface area contributed by atoms with E-state index < -0.39 is 0 Å². The monoisotopic (exact) mass is 348 g/mol. The molecule has 4 aliphatic carbocycles. The van der Waals surface area contributed by atoms with Gasteiger partial charge in [-0.05, 0) is 92.4 Å². The second-order valence-electron chi connectivity index (χ2n) is 9.84. The van der Waals surface area contributed by atoms with Crippen molar-refractivity contribution in [3.05, 3.63) is 46.5 Å². The van der Waals surface area contributed by atoms with E-state index in [9.17, 15) is 4.79 Å². The molecule has 0 N–H and O–H groups in total. The molecule has 0 saturated heterocycles. The summed E-state index contributed by atoms with van der Waals surface area (Å²) in [6.45, 7) is 2.60. The van der Waals surface area contributed by atoms with Gasteiger partial charge in [-0.2, -0.15) is 0 Å². The summed E-state index contributed by atoms with van der Waals surface area (Å²) in [5, 5.41) is 0. The topological polar surface area (TPSA) is 17.1 Å². The molecule has 0 aliphatic heterocycles. The number of fused-ring (bicyclic) bond motifs is 4. The van der Waals surface area contributed by atoms with E-state index in [0.717, 1.165) is 29.6 Å². The third-order valence-corrected chi connectivity index (χ3v) is 8.66. The molecule has 0 amide bonds. The zero-order chi connectivity index (χ0) is 17.7. The molecule has 1 nitrogen and oxygen atoms in total. The maximum atomic E-state index is 10.9. The highest BCUT2D eigenvalue weighted by Gasteiger charge is 2.49. The van der Waals surface area contributed by atoms with Crippen molar-refractivity contribution in [3.8, 4) is 0 Å². The van der Waals surface area contributed by atoms with Gasteiger partial charge in [0.1, 0.15) is 6.29 Å². The molecule has 1 heteroatoms. The first-order valence-corrected chi connectivity index (χ1v) is 10.9. The van der Waals surface area contributed by atoms with Crippen LogP contribution >= 0.6 is 0 Å². The normalized spacial score (nSPS) is 39.1.